The molecule has 1 fully saturated rings. The molecule has 1 amide bonds. The van der Waals surface area contributed by atoms with Crippen molar-refractivity contribution in [3.8, 4) is 0 Å². The Morgan fingerprint density at radius 3 is 2.88 bits per heavy atom. The molecule has 0 aliphatic carbocycles. The van der Waals surface area contributed by atoms with Crippen LogP contribution < -0.4 is 0 Å². The third kappa shape index (κ3) is 2.68. The molecule has 0 radical (unpaired) electrons. The van der Waals surface area contributed by atoms with Gasteiger partial charge in [-0.3, -0.25) is 9.69 Å². The van der Waals surface area contributed by atoms with Gasteiger partial charge in [0.25, 0.3) is 5.91 Å². The summed E-state index contributed by atoms with van der Waals surface area (Å²) in [6.45, 7) is 1.92. The van der Waals surface area contributed by atoms with Crippen LogP contribution in [0.1, 0.15) is 12.7 Å². The highest BCUT2D eigenvalue weighted by Crippen LogP contribution is 2.30. The third-order valence-corrected chi connectivity index (χ3v) is 3.74. The van der Waals surface area contributed by atoms with Crippen molar-refractivity contribution < 1.29 is 9.21 Å². The van der Waals surface area contributed by atoms with Gasteiger partial charge < -0.3 is 4.42 Å². The number of rotatable bonds is 2. The van der Waals surface area contributed by atoms with Crippen LogP contribution in [0.2, 0.25) is 0 Å². The van der Waals surface area contributed by atoms with Crippen molar-refractivity contribution in [1.82, 2.24) is 4.90 Å². The highest BCUT2D eigenvalue weighted by molar-refractivity contribution is 8.26. The van der Waals surface area contributed by atoms with Gasteiger partial charge >= 0.3 is 0 Å². The van der Waals surface area contributed by atoms with E-state index in [0.717, 1.165) is 11.3 Å². The van der Waals surface area contributed by atoms with Gasteiger partial charge in [-0.1, -0.05) is 24.0 Å². The van der Waals surface area contributed by atoms with Crippen LogP contribution in [-0.2, 0) is 4.79 Å². The molecule has 1 aliphatic heterocycles. The van der Waals surface area contributed by atoms with Crippen molar-refractivity contribution in [1.29, 1.82) is 0 Å². The van der Waals surface area contributed by atoms with Gasteiger partial charge in [0, 0.05) is 7.05 Å². The van der Waals surface area contributed by atoms with Crippen LogP contribution in [0.25, 0.3) is 6.08 Å². The highest BCUT2D eigenvalue weighted by atomic mass is 32.2. The standard InChI is InChI=1S/C12H11NO2S2/c1-8(6-9-4-3-5-15-9)7-10-11(14)13(2)12(16)17-10/h3-7H,1-2H3/b8-6-,10-7+. The molecule has 3 nitrogen and oxygen atoms in total. The minimum atomic E-state index is -0.0489. The number of hydrogen-bond acceptors (Lipinski definition) is 4. The van der Waals surface area contributed by atoms with Crippen LogP contribution in [0.15, 0.2) is 39.4 Å². The zero-order valence-corrected chi connectivity index (χ0v) is 11.1. The summed E-state index contributed by atoms with van der Waals surface area (Å²) in [5.74, 6) is 0.720. The van der Waals surface area contributed by atoms with Gasteiger partial charge in [0.05, 0.1) is 11.2 Å². The molecule has 2 rings (SSSR count). The SMILES string of the molecule is CC(=C/c1ccco1)/C=C1/SC(=S)N(C)C1=O. The van der Waals surface area contributed by atoms with Gasteiger partial charge in [0.1, 0.15) is 10.1 Å². The van der Waals surface area contributed by atoms with Gasteiger partial charge in [-0.25, -0.2) is 0 Å². The van der Waals surface area contributed by atoms with Crippen LogP contribution in [0, 0.1) is 0 Å². The Bertz CT molecular complexity index is 515. The van der Waals surface area contributed by atoms with Crippen LogP contribution in [-0.4, -0.2) is 22.2 Å². The fraction of sp³-hybridized carbons (Fsp3) is 0.167. The number of likely N-dealkylation sites (N-methyl/N-ethyl adjacent to an activating group) is 1. The average molecular weight is 265 g/mol. The van der Waals surface area contributed by atoms with Crippen LogP contribution in [0.3, 0.4) is 0 Å². The zero-order valence-electron chi connectivity index (χ0n) is 9.47. The van der Waals surface area contributed by atoms with E-state index in [1.165, 1.54) is 16.7 Å². The molecule has 0 spiro atoms. The number of nitrogens with zero attached hydrogens (tertiary/aromatic N) is 1. The van der Waals surface area contributed by atoms with E-state index in [2.05, 4.69) is 0 Å². The smallest absolute Gasteiger partial charge is 0.265 e. The number of amides is 1. The summed E-state index contributed by atoms with van der Waals surface area (Å²) in [5.41, 5.74) is 0.953. The first-order valence-corrected chi connectivity index (χ1v) is 6.24. The Morgan fingerprint density at radius 2 is 2.35 bits per heavy atom. The first-order chi connectivity index (χ1) is 8.08. The lowest BCUT2D eigenvalue weighted by Gasteiger charge is -2.03. The van der Waals surface area contributed by atoms with Crippen molar-refractivity contribution in [3.63, 3.8) is 0 Å². The Hall–Kier alpha value is -1.33. The van der Waals surface area contributed by atoms with E-state index < -0.39 is 0 Å². The molecule has 1 aliphatic rings. The number of thiocarbonyl (C=S) groups is 1. The summed E-state index contributed by atoms with van der Waals surface area (Å²) < 4.78 is 5.79. The summed E-state index contributed by atoms with van der Waals surface area (Å²) in [5, 5.41) is 0. The molecule has 0 aromatic carbocycles. The summed E-state index contributed by atoms with van der Waals surface area (Å²) in [4.78, 5) is 13.9. The van der Waals surface area contributed by atoms with Gasteiger partial charge in [-0.15, -0.1) is 0 Å². The number of allylic oxidation sites excluding steroid dienone is 2. The first-order valence-electron chi connectivity index (χ1n) is 5.01. The molecule has 0 bridgehead atoms. The minimum absolute atomic E-state index is 0.0489. The summed E-state index contributed by atoms with van der Waals surface area (Å²) >= 11 is 6.37. The molecule has 1 aromatic heterocycles. The molecular weight excluding hydrogens is 254 g/mol. The molecule has 88 valence electrons. The van der Waals surface area contributed by atoms with E-state index in [1.807, 2.05) is 31.2 Å². The van der Waals surface area contributed by atoms with Gasteiger partial charge in [-0.2, -0.15) is 0 Å². The van der Waals surface area contributed by atoms with Crippen LogP contribution >= 0.6 is 24.0 Å². The predicted molar refractivity (Wildman–Crippen MR) is 73.4 cm³/mol. The van der Waals surface area contributed by atoms with Gasteiger partial charge in [0.15, 0.2) is 0 Å². The molecule has 5 heteroatoms. The lowest BCUT2D eigenvalue weighted by atomic mass is 10.2. The lowest BCUT2D eigenvalue weighted by Crippen LogP contribution is -2.22. The van der Waals surface area contributed by atoms with E-state index >= 15 is 0 Å². The fourth-order valence-corrected chi connectivity index (χ4v) is 2.62. The molecule has 1 aromatic rings. The fourth-order valence-electron chi connectivity index (χ4n) is 1.39. The van der Waals surface area contributed by atoms with Crippen LogP contribution in [0.5, 0.6) is 0 Å². The summed E-state index contributed by atoms with van der Waals surface area (Å²) in [6, 6.07) is 3.69. The van der Waals surface area contributed by atoms with E-state index in [4.69, 9.17) is 16.6 Å². The third-order valence-electron chi connectivity index (χ3n) is 2.26. The van der Waals surface area contributed by atoms with Crippen molar-refractivity contribution in [2.75, 3.05) is 7.05 Å². The molecule has 2 heterocycles. The molecule has 1 saturated heterocycles. The largest absolute Gasteiger partial charge is 0.465 e. The minimum Gasteiger partial charge on any atom is -0.465 e. The van der Waals surface area contributed by atoms with Crippen molar-refractivity contribution in [3.05, 3.63) is 40.7 Å². The number of furan rings is 1. The average Bonchev–Trinajstić information content (AvgIpc) is 2.85. The molecule has 0 saturated carbocycles. The Labute approximate surface area is 109 Å². The quantitative estimate of drug-likeness (QED) is 0.608. The molecular formula is C12H11NO2S2. The van der Waals surface area contributed by atoms with E-state index in [9.17, 15) is 4.79 Å². The van der Waals surface area contributed by atoms with E-state index in [1.54, 1.807) is 13.3 Å². The van der Waals surface area contributed by atoms with E-state index in [-0.39, 0.29) is 5.91 Å². The molecule has 0 unspecified atom stereocenters. The normalized spacial score (nSPS) is 19.5. The predicted octanol–water partition coefficient (Wildman–Crippen LogP) is 3.06. The maximum absolute atomic E-state index is 11.8. The summed E-state index contributed by atoms with van der Waals surface area (Å²) in [7, 11) is 1.68. The Balaban J connectivity index is 2.21. The number of carbonyl (C=O) groups excluding carboxylic acids is 1. The number of hydrogen-bond donors (Lipinski definition) is 0. The monoisotopic (exact) mass is 265 g/mol. The Kier molecular flexibility index (Phi) is 3.49. The molecule has 0 N–H and O–H groups in total. The zero-order chi connectivity index (χ0) is 12.4. The molecule has 17 heavy (non-hydrogen) atoms. The summed E-state index contributed by atoms with van der Waals surface area (Å²) in [6.07, 6.45) is 5.32. The number of carbonyl (C=O) groups is 1. The maximum atomic E-state index is 11.8. The van der Waals surface area contributed by atoms with Gasteiger partial charge in [0.2, 0.25) is 0 Å². The topological polar surface area (TPSA) is 33.5 Å². The Morgan fingerprint density at radius 1 is 1.59 bits per heavy atom. The van der Waals surface area contributed by atoms with Gasteiger partial charge in [-0.05, 0) is 36.8 Å². The maximum Gasteiger partial charge on any atom is 0.265 e. The first kappa shape index (κ1) is 12.1. The van der Waals surface area contributed by atoms with E-state index in [0.29, 0.717) is 9.23 Å². The second-order valence-electron chi connectivity index (χ2n) is 3.64. The van der Waals surface area contributed by atoms with Crippen molar-refractivity contribution in [2.45, 2.75) is 6.92 Å². The second kappa shape index (κ2) is 4.89. The highest BCUT2D eigenvalue weighted by Gasteiger charge is 2.28. The number of thioether (sulfide) groups is 1. The van der Waals surface area contributed by atoms with Crippen molar-refractivity contribution in [2.24, 2.45) is 0 Å². The van der Waals surface area contributed by atoms with Crippen LogP contribution in [0.4, 0.5) is 0 Å². The molecule has 0 atom stereocenters. The second-order valence-corrected chi connectivity index (χ2v) is 5.32. The van der Waals surface area contributed by atoms with Crippen molar-refractivity contribution >= 4 is 40.3 Å². The lowest BCUT2D eigenvalue weighted by molar-refractivity contribution is -0.121.